The Morgan fingerprint density at radius 3 is 2.67 bits per heavy atom. The monoisotopic (exact) mass is 142 g/mol. The van der Waals surface area contributed by atoms with Crippen molar-refractivity contribution in [2.75, 3.05) is 0 Å². The van der Waals surface area contributed by atoms with Crippen LogP contribution in [-0.2, 0) is 0 Å². The van der Waals surface area contributed by atoms with E-state index < -0.39 is 4.92 Å². The van der Waals surface area contributed by atoms with Gasteiger partial charge >= 0.3 is 0 Å². The lowest BCUT2D eigenvalue weighted by Gasteiger charge is -1.78. The van der Waals surface area contributed by atoms with Crippen LogP contribution in [0.25, 0.3) is 0 Å². The molecule has 0 atom stereocenters. The highest BCUT2D eigenvalue weighted by Gasteiger charge is 2.04. The van der Waals surface area contributed by atoms with E-state index in [-0.39, 0.29) is 5.69 Å². The third kappa shape index (κ3) is 1.26. The lowest BCUT2D eigenvalue weighted by molar-refractivity contribution is -0.384. The fraction of sp³-hybridized carbons (Fsp3) is 0. The summed E-state index contributed by atoms with van der Waals surface area (Å²) in [6, 6.07) is 1.45. The SMILES string of the molecule is [CH2]c1cc([N+](=O)[O-])cs1. The van der Waals surface area contributed by atoms with Crippen LogP contribution in [-0.4, -0.2) is 4.92 Å². The predicted molar refractivity (Wildman–Crippen MR) is 35.4 cm³/mol. The Morgan fingerprint density at radius 1 is 1.78 bits per heavy atom. The van der Waals surface area contributed by atoms with E-state index in [1.165, 1.54) is 22.8 Å². The van der Waals surface area contributed by atoms with Crippen LogP contribution in [0.4, 0.5) is 5.69 Å². The highest BCUT2D eigenvalue weighted by Crippen LogP contribution is 2.19. The molecular weight excluding hydrogens is 138 g/mol. The van der Waals surface area contributed by atoms with Crippen molar-refractivity contribution in [2.24, 2.45) is 0 Å². The largest absolute Gasteiger partial charge is 0.280 e. The van der Waals surface area contributed by atoms with Gasteiger partial charge in [-0.3, -0.25) is 10.1 Å². The molecule has 1 rings (SSSR count). The molecule has 0 aliphatic heterocycles. The molecule has 0 unspecified atom stereocenters. The van der Waals surface area contributed by atoms with Crippen LogP contribution in [0.5, 0.6) is 0 Å². The maximum atomic E-state index is 10.00. The molecule has 0 aliphatic rings. The summed E-state index contributed by atoms with van der Waals surface area (Å²) in [5, 5.41) is 11.5. The van der Waals surface area contributed by atoms with Gasteiger partial charge in [-0.2, -0.15) is 0 Å². The molecule has 1 aromatic heterocycles. The average molecular weight is 142 g/mol. The summed E-state index contributed by atoms with van der Waals surface area (Å²) in [6.45, 7) is 3.54. The molecule has 0 N–H and O–H groups in total. The fourth-order valence-corrected chi connectivity index (χ4v) is 1.08. The van der Waals surface area contributed by atoms with Gasteiger partial charge in [0.15, 0.2) is 0 Å². The molecule has 0 aliphatic carbocycles. The van der Waals surface area contributed by atoms with Gasteiger partial charge in [0.25, 0.3) is 5.69 Å². The number of nitrogens with zero attached hydrogens (tertiary/aromatic N) is 1. The first-order valence-corrected chi connectivity index (χ1v) is 3.13. The van der Waals surface area contributed by atoms with Crippen LogP contribution in [0.15, 0.2) is 11.4 Å². The Hall–Kier alpha value is -0.900. The minimum absolute atomic E-state index is 0.130. The Labute approximate surface area is 56.1 Å². The van der Waals surface area contributed by atoms with E-state index in [4.69, 9.17) is 0 Å². The Kier molecular flexibility index (Phi) is 1.48. The summed E-state index contributed by atoms with van der Waals surface area (Å²) >= 11 is 1.28. The minimum Gasteiger partial charge on any atom is -0.258 e. The van der Waals surface area contributed by atoms with E-state index in [0.29, 0.717) is 0 Å². The highest BCUT2D eigenvalue weighted by atomic mass is 32.1. The van der Waals surface area contributed by atoms with Crippen molar-refractivity contribution < 1.29 is 4.92 Å². The zero-order chi connectivity index (χ0) is 6.85. The van der Waals surface area contributed by atoms with E-state index in [0.717, 1.165) is 4.88 Å². The number of rotatable bonds is 1. The summed E-state index contributed by atoms with van der Waals surface area (Å²) in [7, 11) is 0. The van der Waals surface area contributed by atoms with Crippen LogP contribution in [0.1, 0.15) is 4.88 Å². The van der Waals surface area contributed by atoms with Crippen molar-refractivity contribution in [2.45, 2.75) is 0 Å². The third-order valence-corrected chi connectivity index (χ3v) is 1.63. The van der Waals surface area contributed by atoms with E-state index in [1.807, 2.05) is 0 Å². The molecule has 0 aromatic carbocycles. The van der Waals surface area contributed by atoms with E-state index >= 15 is 0 Å². The zero-order valence-corrected chi connectivity index (χ0v) is 5.35. The van der Waals surface area contributed by atoms with Crippen LogP contribution in [0, 0.1) is 17.0 Å². The molecule has 0 amide bonds. The molecule has 0 bridgehead atoms. The topological polar surface area (TPSA) is 43.1 Å². The molecule has 4 heteroatoms. The minimum atomic E-state index is -0.425. The molecule has 0 spiro atoms. The molecule has 0 fully saturated rings. The number of nitro groups is 1. The van der Waals surface area contributed by atoms with Crippen LogP contribution < -0.4 is 0 Å². The number of hydrogen-bond donors (Lipinski definition) is 0. The molecular formula is C5H4NO2S. The molecule has 0 saturated heterocycles. The molecule has 47 valence electrons. The second kappa shape index (κ2) is 2.14. The summed E-state index contributed by atoms with van der Waals surface area (Å²) in [5.41, 5.74) is 0.130. The van der Waals surface area contributed by atoms with Crippen molar-refractivity contribution in [3.63, 3.8) is 0 Å². The van der Waals surface area contributed by atoms with Crippen molar-refractivity contribution in [3.05, 3.63) is 33.4 Å². The molecule has 9 heavy (non-hydrogen) atoms. The first-order chi connectivity index (χ1) is 4.20. The van der Waals surface area contributed by atoms with Crippen LogP contribution >= 0.6 is 11.3 Å². The highest BCUT2D eigenvalue weighted by molar-refractivity contribution is 7.10. The third-order valence-electron chi connectivity index (χ3n) is 0.851. The zero-order valence-electron chi connectivity index (χ0n) is 4.53. The smallest absolute Gasteiger partial charge is 0.258 e. The Balaban J connectivity index is 2.98. The fourth-order valence-electron chi connectivity index (χ4n) is 0.465. The van der Waals surface area contributed by atoms with E-state index in [1.54, 1.807) is 0 Å². The van der Waals surface area contributed by atoms with Crippen molar-refractivity contribution in [1.29, 1.82) is 0 Å². The van der Waals surface area contributed by atoms with Gasteiger partial charge in [-0.25, -0.2) is 0 Å². The quantitative estimate of drug-likeness (QED) is 0.443. The van der Waals surface area contributed by atoms with Crippen molar-refractivity contribution in [3.8, 4) is 0 Å². The average Bonchev–Trinajstić information content (AvgIpc) is 2.14. The normalized spacial score (nSPS) is 9.44. The van der Waals surface area contributed by atoms with Gasteiger partial charge in [0.05, 0.1) is 10.3 Å². The maximum Gasteiger partial charge on any atom is 0.280 e. The molecule has 1 radical (unpaired) electrons. The van der Waals surface area contributed by atoms with Crippen molar-refractivity contribution in [1.82, 2.24) is 0 Å². The van der Waals surface area contributed by atoms with Gasteiger partial charge in [0, 0.05) is 10.9 Å². The molecule has 1 heterocycles. The molecule has 0 saturated carbocycles. The lowest BCUT2D eigenvalue weighted by Crippen LogP contribution is -1.82. The van der Waals surface area contributed by atoms with Crippen molar-refractivity contribution >= 4 is 17.0 Å². The van der Waals surface area contributed by atoms with Gasteiger partial charge in [-0.15, -0.1) is 11.3 Å². The van der Waals surface area contributed by atoms with Crippen LogP contribution in [0.3, 0.4) is 0 Å². The second-order valence-electron chi connectivity index (χ2n) is 1.53. The standard InChI is InChI=1S/C5H4NO2S/c1-4-2-5(3-9-4)6(7)8/h2-3H,1H2. The van der Waals surface area contributed by atoms with Gasteiger partial charge in [0.1, 0.15) is 0 Å². The second-order valence-corrected chi connectivity index (χ2v) is 2.52. The first kappa shape index (κ1) is 6.22. The summed E-state index contributed by atoms with van der Waals surface area (Å²) < 4.78 is 0. The van der Waals surface area contributed by atoms with E-state index in [2.05, 4.69) is 6.92 Å². The van der Waals surface area contributed by atoms with Gasteiger partial charge in [-0.05, 0) is 6.92 Å². The van der Waals surface area contributed by atoms with Gasteiger partial charge in [0.2, 0.25) is 0 Å². The Bertz CT molecular complexity index is 231. The summed E-state index contributed by atoms with van der Waals surface area (Å²) in [5.74, 6) is 0. The number of hydrogen-bond acceptors (Lipinski definition) is 3. The summed E-state index contributed by atoms with van der Waals surface area (Å²) in [4.78, 5) is 10.3. The maximum absolute atomic E-state index is 10.00. The van der Waals surface area contributed by atoms with Gasteiger partial charge in [-0.1, -0.05) is 0 Å². The predicted octanol–water partition coefficient (Wildman–Crippen LogP) is 1.84. The summed E-state index contributed by atoms with van der Waals surface area (Å²) in [6.07, 6.45) is 0. The van der Waals surface area contributed by atoms with Gasteiger partial charge < -0.3 is 0 Å². The van der Waals surface area contributed by atoms with E-state index in [9.17, 15) is 10.1 Å². The lowest BCUT2D eigenvalue weighted by atomic mass is 10.5. The van der Waals surface area contributed by atoms with Crippen LogP contribution in [0.2, 0.25) is 0 Å². The molecule has 3 nitrogen and oxygen atoms in total. The molecule has 1 aromatic rings. The number of thiophene rings is 1. The Morgan fingerprint density at radius 2 is 2.44 bits per heavy atom. The first-order valence-electron chi connectivity index (χ1n) is 2.25.